The van der Waals surface area contributed by atoms with E-state index in [1.54, 1.807) is 18.2 Å². The van der Waals surface area contributed by atoms with Crippen LogP contribution >= 0.6 is 0 Å². The van der Waals surface area contributed by atoms with E-state index >= 15 is 0 Å². The van der Waals surface area contributed by atoms with E-state index in [1.807, 2.05) is 0 Å². The van der Waals surface area contributed by atoms with Crippen molar-refractivity contribution in [1.82, 2.24) is 0 Å². The first-order valence-corrected chi connectivity index (χ1v) is 6.77. The maximum atomic E-state index is 12.3. The maximum absolute atomic E-state index is 12.3. The van der Waals surface area contributed by atoms with E-state index in [0.717, 1.165) is 6.07 Å². The number of nitrogens with zero attached hydrogens (tertiary/aromatic N) is 1. The fourth-order valence-electron chi connectivity index (χ4n) is 2.03. The second kappa shape index (κ2) is 7.32. The zero-order chi connectivity index (χ0) is 17.7. The molecule has 0 saturated heterocycles. The number of hydrogen-bond acceptors (Lipinski definition) is 7. The molecule has 0 radical (unpaired) electrons. The summed E-state index contributed by atoms with van der Waals surface area (Å²) in [5, 5.41) is 11.0. The Labute approximate surface area is 137 Å². The molecular weight excluding hydrogens is 318 g/mol. The van der Waals surface area contributed by atoms with Gasteiger partial charge < -0.3 is 18.9 Å². The van der Waals surface area contributed by atoms with E-state index in [2.05, 4.69) is 0 Å². The Morgan fingerprint density at radius 1 is 0.958 bits per heavy atom. The van der Waals surface area contributed by atoms with E-state index in [-0.39, 0.29) is 22.7 Å². The summed E-state index contributed by atoms with van der Waals surface area (Å²) in [5.74, 6) is -0.0580. The Morgan fingerprint density at radius 2 is 1.54 bits per heavy atom. The van der Waals surface area contributed by atoms with Crippen LogP contribution in [-0.2, 0) is 0 Å². The molecule has 0 aliphatic heterocycles. The van der Waals surface area contributed by atoms with Crippen molar-refractivity contribution in [2.75, 3.05) is 21.3 Å². The number of hydrogen-bond donors (Lipinski definition) is 0. The number of carbonyl (C=O) groups excluding carboxylic acids is 1. The van der Waals surface area contributed by atoms with Crippen molar-refractivity contribution in [3.63, 3.8) is 0 Å². The standard InChI is InChI=1S/C16H15NO7/c1-21-12-8-7-10(9-11(12)17(19)20)16(18)24-15-13(22-2)5-4-6-14(15)23-3/h4-9H,1-3H3. The van der Waals surface area contributed by atoms with Gasteiger partial charge in [-0.15, -0.1) is 0 Å². The topological polar surface area (TPSA) is 97.1 Å². The molecule has 0 amide bonds. The van der Waals surface area contributed by atoms with E-state index in [4.69, 9.17) is 18.9 Å². The van der Waals surface area contributed by atoms with Gasteiger partial charge in [-0.25, -0.2) is 4.79 Å². The summed E-state index contributed by atoms with van der Waals surface area (Å²) in [7, 11) is 4.15. The number of rotatable bonds is 6. The van der Waals surface area contributed by atoms with Gasteiger partial charge in [0.15, 0.2) is 17.2 Å². The highest BCUT2D eigenvalue weighted by molar-refractivity contribution is 5.92. The highest BCUT2D eigenvalue weighted by atomic mass is 16.6. The van der Waals surface area contributed by atoms with E-state index in [9.17, 15) is 14.9 Å². The van der Waals surface area contributed by atoms with E-state index in [1.165, 1.54) is 33.5 Å². The second-order valence-electron chi connectivity index (χ2n) is 4.52. The molecule has 0 aliphatic carbocycles. The van der Waals surface area contributed by atoms with Crippen LogP contribution in [0.4, 0.5) is 5.69 Å². The highest BCUT2D eigenvalue weighted by Gasteiger charge is 2.21. The number of carbonyl (C=O) groups is 1. The number of ether oxygens (including phenoxy) is 4. The van der Waals surface area contributed by atoms with E-state index in [0.29, 0.717) is 11.5 Å². The van der Waals surface area contributed by atoms with Gasteiger partial charge in [0.1, 0.15) is 0 Å². The number of esters is 1. The fourth-order valence-corrected chi connectivity index (χ4v) is 2.03. The van der Waals surface area contributed by atoms with Crippen LogP contribution in [0.1, 0.15) is 10.4 Å². The summed E-state index contributed by atoms with van der Waals surface area (Å²) in [6, 6.07) is 8.66. The smallest absolute Gasteiger partial charge is 0.344 e. The lowest BCUT2D eigenvalue weighted by atomic mass is 10.2. The summed E-state index contributed by atoms with van der Waals surface area (Å²) in [6.45, 7) is 0. The lowest BCUT2D eigenvalue weighted by Crippen LogP contribution is -2.11. The van der Waals surface area contributed by atoms with Gasteiger partial charge >= 0.3 is 11.7 Å². The molecule has 0 aliphatic rings. The molecule has 0 fully saturated rings. The van der Waals surface area contributed by atoms with Crippen LogP contribution in [-0.4, -0.2) is 32.2 Å². The molecule has 0 unspecified atom stereocenters. The molecule has 0 spiro atoms. The molecule has 0 aromatic heterocycles. The minimum atomic E-state index is -0.788. The fraction of sp³-hybridized carbons (Fsp3) is 0.188. The van der Waals surface area contributed by atoms with Crippen molar-refractivity contribution in [2.45, 2.75) is 0 Å². The Bertz CT molecular complexity index is 751. The maximum Gasteiger partial charge on any atom is 0.344 e. The van der Waals surface area contributed by atoms with Crippen molar-refractivity contribution in [2.24, 2.45) is 0 Å². The first-order chi connectivity index (χ1) is 11.5. The first-order valence-electron chi connectivity index (χ1n) is 6.77. The van der Waals surface area contributed by atoms with Crippen LogP contribution in [0.5, 0.6) is 23.0 Å². The molecule has 2 aromatic rings. The van der Waals surface area contributed by atoms with Crippen LogP contribution in [0, 0.1) is 10.1 Å². The quantitative estimate of drug-likeness (QED) is 0.347. The molecule has 24 heavy (non-hydrogen) atoms. The number of benzene rings is 2. The van der Waals surface area contributed by atoms with Crippen molar-refractivity contribution in [3.8, 4) is 23.0 Å². The molecule has 8 nitrogen and oxygen atoms in total. The monoisotopic (exact) mass is 333 g/mol. The van der Waals surface area contributed by atoms with Crippen molar-refractivity contribution < 1.29 is 28.7 Å². The largest absolute Gasteiger partial charge is 0.493 e. The Morgan fingerprint density at radius 3 is 2.04 bits per heavy atom. The van der Waals surface area contributed by atoms with Crippen LogP contribution in [0.25, 0.3) is 0 Å². The average Bonchev–Trinajstić information content (AvgIpc) is 2.61. The zero-order valence-corrected chi connectivity index (χ0v) is 13.3. The lowest BCUT2D eigenvalue weighted by Gasteiger charge is -2.13. The Hall–Kier alpha value is -3.29. The third-order valence-electron chi connectivity index (χ3n) is 3.19. The van der Waals surface area contributed by atoms with Gasteiger partial charge in [0, 0.05) is 6.07 Å². The second-order valence-corrected chi connectivity index (χ2v) is 4.52. The third-order valence-corrected chi connectivity index (χ3v) is 3.19. The zero-order valence-electron chi connectivity index (χ0n) is 13.3. The number of nitro groups is 1. The van der Waals surface area contributed by atoms with Gasteiger partial charge in [0.2, 0.25) is 5.75 Å². The number of methoxy groups -OCH3 is 3. The molecule has 2 aromatic carbocycles. The van der Waals surface area contributed by atoms with Crippen molar-refractivity contribution in [3.05, 3.63) is 52.1 Å². The lowest BCUT2D eigenvalue weighted by molar-refractivity contribution is -0.385. The predicted octanol–water partition coefficient (Wildman–Crippen LogP) is 2.84. The molecule has 2 rings (SSSR count). The van der Waals surface area contributed by atoms with Crippen LogP contribution in [0.3, 0.4) is 0 Å². The van der Waals surface area contributed by atoms with E-state index < -0.39 is 10.9 Å². The number of para-hydroxylation sites is 1. The summed E-state index contributed by atoms with van der Waals surface area (Å²) >= 11 is 0. The molecule has 0 saturated carbocycles. The van der Waals surface area contributed by atoms with Crippen molar-refractivity contribution in [1.29, 1.82) is 0 Å². The van der Waals surface area contributed by atoms with Gasteiger partial charge in [-0.2, -0.15) is 0 Å². The van der Waals surface area contributed by atoms with Crippen LogP contribution in [0.2, 0.25) is 0 Å². The summed E-state index contributed by atoms with van der Waals surface area (Å²) < 4.78 is 20.5. The van der Waals surface area contributed by atoms with Crippen LogP contribution < -0.4 is 18.9 Å². The summed E-state index contributed by atoms with van der Waals surface area (Å²) in [6.07, 6.45) is 0. The Balaban J connectivity index is 2.38. The van der Waals surface area contributed by atoms with Gasteiger partial charge in [-0.1, -0.05) is 6.07 Å². The van der Waals surface area contributed by atoms with Gasteiger partial charge in [-0.05, 0) is 24.3 Å². The molecular formula is C16H15NO7. The van der Waals surface area contributed by atoms with Crippen molar-refractivity contribution >= 4 is 11.7 Å². The molecule has 0 atom stereocenters. The Kier molecular flexibility index (Phi) is 5.20. The van der Waals surface area contributed by atoms with Gasteiger partial charge in [-0.3, -0.25) is 10.1 Å². The molecule has 8 heteroatoms. The first kappa shape index (κ1) is 17.1. The minimum absolute atomic E-state index is 0.00420. The number of nitro benzene ring substituents is 1. The van der Waals surface area contributed by atoms with Gasteiger partial charge in [0.25, 0.3) is 0 Å². The van der Waals surface area contributed by atoms with Gasteiger partial charge in [0.05, 0.1) is 31.8 Å². The van der Waals surface area contributed by atoms with Crippen LogP contribution in [0.15, 0.2) is 36.4 Å². The highest BCUT2D eigenvalue weighted by Crippen LogP contribution is 2.37. The molecule has 0 bridgehead atoms. The minimum Gasteiger partial charge on any atom is -0.493 e. The normalized spacial score (nSPS) is 9.96. The SMILES string of the molecule is COc1ccc(C(=O)Oc2c(OC)cccc2OC)cc1[N+](=O)[O-]. The summed E-state index contributed by atoms with van der Waals surface area (Å²) in [4.78, 5) is 22.7. The average molecular weight is 333 g/mol. The third kappa shape index (κ3) is 3.37. The molecule has 0 N–H and O–H groups in total. The molecule has 0 heterocycles. The summed E-state index contributed by atoms with van der Waals surface area (Å²) in [5.41, 5.74) is -0.339. The molecule has 126 valence electrons. The predicted molar refractivity (Wildman–Crippen MR) is 84.2 cm³/mol.